The van der Waals surface area contributed by atoms with Crippen LogP contribution in [0.15, 0.2) is 36.7 Å². The second-order valence-corrected chi connectivity index (χ2v) is 4.96. The molecule has 96 valence electrons. The predicted octanol–water partition coefficient (Wildman–Crippen LogP) is 3.44. The molecule has 1 aromatic carbocycles. The minimum Gasteiger partial charge on any atom is -0.496 e. The van der Waals surface area contributed by atoms with Gasteiger partial charge in [-0.25, -0.2) is 0 Å². The van der Waals surface area contributed by atoms with Crippen LogP contribution >= 0.6 is 12.2 Å². The van der Waals surface area contributed by atoms with Crippen LogP contribution in [0, 0.1) is 0 Å². The summed E-state index contributed by atoms with van der Waals surface area (Å²) in [4.78, 5) is 5.06. The molecule has 0 bridgehead atoms. The van der Waals surface area contributed by atoms with Gasteiger partial charge in [0.05, 0.1) is 12.1 Å². The third-order valence-electron chi connectivity index (χ3n) is 3.31. The third kappa shape index (κ3) is 2.19. The SMILES string of the molecule is COc1c(-c2cccnc2)ccc2c1CCC(=S)N2. The summed E-state index contributed by atoms with van der Waals surface area (Å²) < 4.78 is 5.62. The number of pyridine rings is 1. The standard InChI is InChI=1S/C15H14N2OS/c1-18-15-11(10-3-2-8-16-9-10)4-6-13-12(15)5-7-14(19)17-13/h2-4,6,8-9H,5,7H2,1H3,(H,17,19). The number of fused-ring (bicyclic) bond motifs is 1. The first kappa shape index (κ1) is 12.1. The van der Waals surface area contributed by atoms with Gasteiger partial charge in [-0.2, -0.15) is 0 Å². The fourth-order valence-electron chi connectivity index (χ4n) is 2.43. The van der Waals surface area contributed by atoms with Crippen molar-refractivity contribution in [1.82, 2.24) is 4.98 Å². The Hall–Kier alpha value is -1.94. The molecule has 0 aliphatic carbocycles. The average molecular weight is 270 g/mol. The van der Waals surface area contributed by atoms with E-state index in [4.69, 9.17) is 17.0 Å². The Labute approximate surface area is 117 Å². The van der Waals surface area contributed by atoms with E-state index in [1.54, 1.807) is 13.3 Å². The molecule has 0 fully saturated rings. The quantitative estimate of drug-likeness (QED) is 0.848. The number of hydrogen-bond donors (Lipinski definition) is 1. The highest BCUT2D eigenvalue weighted by Crippen LogP contribution is 2.39. The molecular formula is C15H14N2OS. The van der Waals surface area contributed by atoms with Gasteiger partial charge >= 0.3 is 0 Å². The molecule has 0 spiro atoms. The van der Waals surface area contributed by atoms with E-state index in [1.807, 2.05) is 18.3 Å². The van der Waals surface area contributed by atoms with Crippen LogP contribution in [0.3, 0.4) is 0 Å². The fraction of sp³-hybridized carbons (Fsp3) is 0.200. The van der Waals surface area contributed by atoms with E-state index >= 15 is 0 Å². The van der Waals surface area contributed by atoms with Gasteiger partial charge in [0.1, 0.15) is 5.75 Å². The number of methoxy groups -OCH3 is 1. The van der Waals surface area contributed by atoms with Gasteiger partial charge in [0.25, 0.3) is 0 Å². The van der Waals surface area contributed by atoms with Gasteiger partial charge in [-0.3, -0.25) is 4.98 Å². The van der Waals surface area contributed by atoms with Crippen molar-refractivity contribution in [2.45, 2.75) is 12.8 Å². The van der Waals surface area contributed by atoms with E-state index in [1.165, 1.54) is 5.56 Å². The number of nitrogens with one attached hydrogen (secondary N) is 1. The first-order valence-corrected chi connectivity index (χ1v) is 6.60. The number of thiocarbonyl (C=S) groups is 1. The van der Waals surface area contributed by atoms with Crippen molar-refractivity contribution in [2.75, 3.05) is 12.4 Å². The number of aromatic nitrogens is 1. The lowest BCUT2D eigenvalue weighted by Crippen LogP contribution is -2.18. The minimum atomic E-state index is 0.870. The van der Waals surface area contributed by atoms with Crippen LogP contribution < -0.4 is 10.1 Å². The number of rotatable bonds is 2. The summed E-state index contributed by atoms with van der Waals surface area (Å²) in [7, 11) is 1.71. The number of anilines is 1. The summed E-state index contributed by atoms with van der Waals surface area (Å²) in [5.74, 6) is 0.917. The van der Waals surface area contributed by atoms with Gasteiger partial charge in [0, 0.05) is 41.2 Å². The molecule has 3 rings (SSSR count). The van der Waals surface area contributed by atoms with Crippen LogP contribution in [0.1, 0.15) is 12.0 Å². The molecule has 3 nitrogen and oxygen atoms in total. The normalized spacial score (nSPS) is 13.6. The zero-order valence-corrected chi connectivity index (χ0v) is 11.5. The Bertz CT molecular complexity index is 626. The molecule has 0 atom stereocenters. The smallest absolute Gasteiger partial charge is 0.132 e. The number of ether oxygens (including phenoxy) is 1. The van der Waals surface area contributed by atoms with E-state index < -0.39 is 0 Å². The maximum atomic E-state index is 5.62. The molecule has 4 heteroatoms. The molecule has 19 heavy (non-hydrogen) atoms. The van der Waals surface area contributed by atoms with E-state index in [2.05, 4.69) is 22.4 Å². The molecule has 1 N–H and O–H groups in total. The van der Waals surface area contributed by atoms with Crippen molar-refractivity contribution < 1.29 is 4.74 Å². The van der Waals surface area contributed by atoms with Crippen LogP contribution in [0.5, 0.6) is 5.75 Å². The lowest BCUT2D eigenvalue weighted by atomic mass is 9.96. The summed E-state index contributed by atoms with van der Waals surface area (Å²) >= 11 is 5.23. The van der Waals surface area contributed by atoms with Crippen molar-refractivity contribution in [2.24, 2.45) is 0 Å². The van der Waals surface area contributed by atoms with Crippen molar-refractivity contribution in [3.05, 3.63) is 42.2 Å². The van der Waals surface area contributed by atoms with Gasteiger partial charge in [0.2, 0.25) is 0 Å². The Morgan fingerprint density at radius 3 is 2.89 bits per heavy atom. The fourth-order valence-corrected chi connectivity index (χ4v) is 2.64. The second-order valence-electron chi connectivity index (χ2n) is 4.46. The molecule has 0 saturated heterocycles. The Morgan fingerprint density at radius 1 is 1.26 bits per heavy atom. The van der Waals surface area contributed by atoms with E-state index in [0.29, 0.717) is 0 Å². The molecule has 2 aromatic rings. The third-order valence-corrected chi connectivity index (χ3v) is 3.62. The van der Waals surface area contributed by atoms with Crippen LogP contribution in [-0.2, 0) is 6.42 Å². The maximum absolute atomic E-state index is 5.62. The lowest BCUT2D eigenvalue weighted by Gasteiger charge is -2.23. The molecule has 0 amide bonds. The van der Waals surface area contributed by atoms with E-state index in [9.17, 15) is 0 Å². The summed E-state index contributed by atoms with van der Waals surface area (Å²) in [6.45, 7) is 0. The molecule has 1 aromatic heterocycles. The van der Waals surface area contributed by atoms with Crippen molar-refractivity contribution in [3.63, 3.8) is 0 Å². The van der Waals surface area contributed by atoms with E-state index in [-0.39, 0.29) is 0 Å². The van der Waals surface area contributed by atoms with Gasteiger partial charge in [-0.1, -0.05) is 18.3 Å². The van der Waals surface area contributed by atoms with Crippen molar-refractivity contribution in [3.8, 4) is 16.9 Å². The van der Waals surface area contributed by atoms with Gasteiger partial charge in [-0.05, 0) is 24.6 Å². The molecule has 0 unspecified atom stereocenters. The maximum Gasteiger partial charge on any atom is 0.132 e. The van der Waals surface area contributed by atoms with E-state index in [0.717, 1.165) is 40.4 Å². The highest BCUT2D eigenvalue weighted by Gasteiger charge is 2.19. The zero-order chi connectivity index (χ0) is 13.2. The summed E-state index contributed by atoms with van der Waals surface area (Å²) in [6, 6.07) is 8.08. The largest absolute Gasteiger partial charge is 0.496 e. The van der Waals surface area contributed by atoms with Crippen LogP contribution in [0.2, 0.25) is 0 Å². The molecule has 1 aliphatic heterocycles. The highest BCUT2D eigenvalue weighted by molar-refractivity contribution is 7.80. The first-order chi connectivity index (χ1) is 9.29. The van der Waals surface area contributed by atoms with Crippen LogP contribution in [0.25, 0.3) is 11.1 Å². The molecule has 0 radical (unpaired) electrons. The Kier molecular flexibility index (Phi) is 3.17. The monoisotopic (exact) mass is 270 g/mol. The van der Waals surface area contributed by atoms with Gasteiger partial charge in [0.15, 0.2) is 0 Å². The number of nitrogens with zero attached hydrogens (tertiary/aromatic N) is 1. The van der Waals surface area contributed by atoms with Crippen molar-refractivity contribution in [1.29, 1.82) is 0 Å². The molecule has 0 saturated carbocycles. The zero-order valence-electron chi connectivity index (χ0n) is 10.6. The first-order valence-electron chi connectivity index (χ1n) is 6.19. The number of hydrogen-bond acceptors (Lipinski definition) is 3. The Balaban J connectivity index is 2.15. The van der Waals surface area contributed by atoms with Crippen LogP contribution in [-0.4, -0.2) is 17.1 Å². The lowest BCUT2D eigenvalue weighted by molar-refractivity contribution is 0.411. The average Bonchev–Trinajstić information content (AvgIpc) is 2.46. The topological polar surface area (TPSA) is 34.1 Å². The molecular weight excluding hydrogens is 256 g/mol. The minimum absolute atomic E-state index is 0.870. The summed E-state index contributed by atoms with van der Waals surface area (Å²) in [5.41, 5.74) is 4.39. The summed E-state index contributed by atoms with van der Waals surface area (Å²) in [6.07, 6.45) is 5.41. The number of benzene rings is 1. The molecule has 2 heterocycles. The summed E-state index contributed by atoms with van der Waals surface area (Å²) in [5, 5.41) is 3.25. The predicted molar refractivity (Wildman–Crippen MR) is 80.8 cm³/mol. The second kappa shape index (κ2) is 4.97. The van der Waals surface area contributed by atoms with Gasteiger partial charge in [-0.15, -0.1) is 0 Å². The van der Waals surface area contributed by atoms with Crippen LogP contribution in [0.4, 0.5) is 5.69 Å². The Morgan fingerprint density at radius 2 is 2.16 bits per heavy atom. The highest BCUT2D eigenvalue weighted by atomic mass is 32.1. The van der Waals surface area contributed by atoms with Gasteiger partial charge < -0.3 is 10.1 Å². The van der Waals surface area contributed by atoms with Crippen molar-refractivity contribution >= 4 is 22.9 Å². The molecule has 1 aliphatic rings.